The highest BCUT2D eigenvalue weighted by atomic mass is 32.2. The van der Waals surface area contributed by atoms with Gasteiger partial charge in [-0.2, -0.15) is 13.2 Å². The van der Waals surface area contributed by atoms with Gasteiger partial charge in [0.1, 0.15) is 22.3 Å². The average molecular weight is 420 g/mol. The van der Waals surface area contributed by atoms with E-state index in [2.05, 4.69) is 10.3 Å². The van der Waals surface area contributed by atoms with Crippen LogP contribution in [0.15, 0.2) is 39.8 Å². The van der Waals surface area contributed by atoms with Crippen molar-refractivity contribution in [3.05, 3.63) is 45.2 Å². The van der Waals surface area contributed by atoms with E-state index >= 15 is 0 Å². The second-order valence-electron chi connectivity index (χ2n) is 5.80. The minimum Gasteiger partial charge on any atom is -0.506 e. The van der Waals surface area contributed by atoms with Crippen molar-refractivity contribution in [3.8, 4) is 0 Å². The van der Waals surface area contributed by atoms with Gasteiger partial charge in [0.05, 0.1) is 11.8 Å². The predicted octanol–water partition coefficient (Wildman–Crippen LogP) is 1.58. The summed E-state index contributed by atoms with van der Waals surface area (Å²) in [6, 6.07) is -0.0717. The summed E-state index contributed by atoms with van der Waals surface area (Å²) in [7, 11) is -3.41. The van der Waals surface area contributed by atoms with Crippen LogP contribution >= 0.6 is 11.3 Å². The molecule has 3 rings (SSSR count). The lowest BCUT2D eigenvalue weighted by atomic mass is 9.99. The lowest BCUT2D eigenvalue weighted by Crippen LogP contribution is -2.42. The smallest absolute Gasteiger partial charge is 0.425 e. The van der Waals surface area contributed by atoms with Gasteiger partial charge in [0.25, 0.3) is 5.91 Å². The third kappa shape index (κ3) is 4.11. The summed E-state index contributed by atoms with van der Waals surface area (Å²) in [5, 5.41) is 14.4. The van der Waals surface area contributed by atoms with Gasteiger partial charge in [0.2, 0.25) is 5.91 Å². The Morgan fingerprint density at radius 2 is 2.07 bits per heavy atom. The fraction of sp³-hybridized carbons (Fsp3) is 0.267. The molecule has 144 valence electrons. The quantitative estimate of drug-likeness (QED) is 0.721. The van der Waals surface area contributed by atoms with Gasteiger partial charge in [-0.15, -0.1) is 11.3 Å². The molecule has 1 aromatic heterocycles. The third-order valence-electron chi connectivity index (χ3n) is 3.75. The molecule has 1 aromatic rings. The molecule has 2 N–H and O–H groups in total. The highest BCUT2D eigenvalue weighted by Crippen LogP contribution is 2.35. The number of aliphatic hydroxyl groups is 1. The number of nitrogens with one attached hydrogen (secondary N) is 1. The molecule has 0 saturated heterocycles. The minimum absolute atomic E-state index is 0.0990. The zero-order valence-electron chi connectivity index (χ0n) is 13.2. The van der Waals surface area contributed by atoms with Crippen LogP contribution in [0.2, 0.25) is 0 Å². The average Bonchev–Trinajstić information content (AvgIpc) is 3.15. The zero-order chi connectivity index (χ0) is 20.0. The second kappa shape index (κ2) is 6.60. The standard InChI is InChI=1S/C15H11F3N2O5S2/c16-15(17,18)11-3-7(5-26-11)12-10(21)4-9(14(23)20-12)13(22)19-8-1-2-27(24,25)6-8/h1-5,8-9,21H,6H2,(H,19,22)/t8-,9?/m1/s1. The molecule has 2 atom stereocenters. The number of rotatable bonds is 3. The first-order valence-electron chi connectivity index (χ1n) is 7.37. The van der Waals surface area contributed by atoms with E-state index in [1.54, 1.807) is 0 Å². The summed E-state index contributed by atoms with van der Waals surface area (Å²) < 4.78 is 60.7. The van der Waals surface area contributed by atoms with E-state index in [0.29, 0.717) is 11.3 Å². The van der Waals surface area contributed by atoms with E-state index in [-0.39, 0.29) is 17.0 Å². The van der Waals surface area contributed by atoms with Crippen molar-refractivity contribution in [1.82, 2.24) is 5.32 Å². The van der Waals surface area contributed by atoms with Crippen molar-refractivity contribution < 1.29 is 36.3 Å². The number of alkyl halides is 3. The fourth-order valence-electron chi connectivity index (χ4n) is 2.49. The number of aliphatic imine (C=N–C) groups is 1. The number of carbonyl (C=O) groups is 2. The normalized spacial score (nSPS) is 24.5. The highest BCUT2D eigenvalue weighted by Gasteiger charge is 2.36. The van der Waals surface area contributed by atoms with E-state index in [9.17, 15) is 36.3 Å². The number of hydrogen-bond acceptors (Lipinski definition) is 6. The monoisotopic (exact) mass is 420 g/mol. The molecule has 0 bridgehead atoms. The molecule has 27 heavy (non-hydrogen) atoms. The maximum atomic E-state index is 12.7. The zero-order valence-corrected chi connectivity index (χ0v) is 14.9. The lowest BCUT2D eigenvalue weighted by Gasteiger charge is -2.18. The molecule has 1 unspecified atom stereocenters. The molecule has 0 aromatic carbocycles. The number of nitrogens with zero attached hydrogens (tertiary/aromatic N) is 1. The summed E-state index contributed by atoms with van der Waals surface area (Å²) in [5.41, 5.74) is -0.461. The topological polar surface area (TPSA) is 113 Å². The number of halogens is 3. The van der Waals surface area contributed by atoms with Crippen LogP contribution < -0.4 is 5.32 Å². The first kappa shape index (κ1) is 19.3. The Hall–Kier alpha value is -2.47. The van der Waals surface area contributed by atoms with Crippen molar-refractivity contribution in [3.63, 3.8) is 0 Å². The van der Waals surface area contributed by atoms with Crippen molar-refractivity contribution in [2.75, 3.05) is 5.75 Å². The van der Waals surface area contributed by atoms with Crippen LogP contribution in [0.4, 0.5) is 13.2 Å². The molecular formula is C15H11F3N2O5S2. The van der Waals surface area contributed by atoms with Gasteiger partial charge in [0.15, 0.2) is 9.84 Å². The molecular weight excluding hydrogens is 409 g/mol. The van der Waals surface area contributed by atoms with Crippen LogP contribution in [0.5, 0.6) is 0 Å². The van der Waals surface area contributed by atoms with Gasteiger partial charge >= 0.3 is 6.18 Å². The molecule has 3 heterocycles. The Morgan fingerprint density at radius 1 is 1.37 bits per heavy atom. The van der Waals surface area contributed by atoms with Crippen molar-refractivity contribution >= 4 is 38.7 Å². The first-order chi connectivity index (χ1) is 12.5. The number of carbonyl (C=O) groups excluding carboxylic acids is 2. The Balaban J connectivity index is 1.76. The molecule has 7 nitrogen and oxygen atoms in total. The molecule has 0 fully saturated rings. The summed E-state index contributed by atoms with van der Waals surface area (Å²) in [6.07, 6.45) is -2.44. The fourth-order valence-corrected chi connectivity index (χ4v) is 4.49. The summed E-state index contributed by atoms with van der Waals surface area (Å²) in [6.45, 7) is 0. The van der Waals surface area contributed by atoms with Gasteiger partial charge in [0, 0.05) is 16.4 Å². The van der Waals surface area contributed by atoms with Crippen LogP contribution in [0.3, 0.4) is 0 Å². The molecule has 0 spiro atoms. The van der Waals surface area contributed by atoms with Gasteiger partial charge in [-0.3, -0.25) is 9.59 Å². The molecule has 12 heteroatoms. The summed E-state index contributed by atoms with van der Waals surface area (Å²) in [5.74, 6) is -4.33. The maximum absolute atomic E-state index is 12.7. The molecule has 2 amide bonds. The lowest BCUT2D eigenvalue weighted by molar-refractivity contribution is -0.134. The molecule has 0 aliphatic carbocycles. The number of dihydropyridines is 1. The Kier molecular flexibility index (Phi) is 4.72. The minimum atomic E-state index is -4.57. The van der Waals surface area contributed by atoms with E-state index in [1.165, 1.54) is 6.08 Å². The number of allylic oxidation sites excluding steroid dienone is 1. The Bertz CT molecular complexity index is 1000. The number of sulfone groups is 1. The first-order valence-corrected chi connectivity index (χ1v) is 9.97. The molecule has 0 saturated carbocycles. The second-order valence-corrected chi connectivity index (χ2v) is 8.64. The third-order valence-corrected chi connectivity index (χ3v) is 6.12. The maximum Gasteiger partial charge on any atom is 0.425 e. The van der Waals surface area contributed by atoms with Gasteiger partial charge in [-0.05, 0) is 18.2 Å². The SMILES string of the molecule is O=C1N=C(c2csc(C(F)(F)F)c2)C(O)=CC1C(=O)N[C@@H]1C=CS(=O)(=O)C1. The summed E-state index contributed by atoms with van der Waals surface area (Å²) >= 11 is 0.382. The molecule has 2 aliphatic heterocycles. The van der Waals surface area contributed by atoms with Gasteiger partial charge in [-0.1, -0.05) is 0 Å². The number of amides is 2. The number of hydrogen-bond donors (Lipinski definition) is 2. The van der Waals surface area contributed by atoms with E-state index < -0.39 is 50.4 Å². The molecule has 2 aliphatic rings. The van der Waals surface area contributed by atoms with E-state index in [0.717, 1.165) is 22.9 Å². The number of aliphatic hydroxyl groups excluding tert-OH is 1. The van der Waals surface area contributed by atoms with Crippen LogP contribution in [0.25, 0.3) is 0 Å². The Morgan fingerprint density at radius 3 is 2.63 bits per heavy atom. The summed E-state index contributed by atoms with van der Waals surface area (Å²) in [4.78, 5) is 26.9. The van der Waals surface area contributed by atoms with Crippen molar-refractivity contribution in [1.29, 1.82) is 0 Å². The van der Waals surface area contributed by atoms with Crippen molar-refractivity contribution in [2.24, 2.45) is 10.9 Å². The largest absolute Gasteiger partial charge is 0.506 e. The van der Waals surface area contributed by atoms with Crippen LogP contribution in [0.1, 0.15) is 10.4 Å². The van der Waals surface area contributed by atoms with E-state index in [1.807, 2.05) is 0 Å². The van der Waals surface area contributed by atoms with Crippen molar-refractivity contribution in [2.45, 2.75) is 12.2 Å². The van der Waals surface area contributed by atoms with Gasteiger partial charge < -0.3 is 10.4 Å². The molecule has 0 radical (unpaired) electrons. The van der Waals surface area contributed by atoms with Crippen LogP contribution in [-0.4, -0.2) is 42.8 Å². The van der Waals surface area contributed by atoms with E-state index in [4.69, 9.17) is 0 Å². The number of thiophene rings is 1. The van der Waals surface area contributed by atoms with Crippen LogP contribution in [0, 0.1) is 5.92 Å². The predicted molar refractivity (Wildman–Crippen MR) is 89.9 cm³/mol. The highest BCUT2D eigenvalue weighted by molar-refractivity contribution is 7.94. The van der Waals surface area contributed by atoms with Gasteiger partial charge in [-0.25, -0.2) is 13.4 Å². The Labute approximate surface area is 154 Å². The van der Waals surface area contributed by atoms with Crippen LogP contribution in [-0.2, 0) is 25.6 Å².